The zero-order valence-corrected chi connectivity index (χ0v) is 11.1. The summed E-state index contributed by atoms with van der Waals surface area (Å²) in [5.74, 6) is 0. The van der Waals surface area contributed by atoms with Gasteiger partial charge >= 0.3 is 7.05 Å². The number of nitrogens with zero attached hydrogens (tertiary/aromatic N) is 3. The molecule has 1 saturated heterocycles. The molecule has 5 heteroatoms. The molecule has 1 aliphatic heterocycles. The van der Waals surface area contributed by atoms with E-state index in [9.17, 15) is 5.02 Å². The van der Waals surface area contributed by atoms with Gasteiger partial charge in [0.1, 0.15) is 0 Å². The Bertz CT molecular complexity index is 380. The lowest BCUT2D eigenvalue weighted by molar-refractivity contribution is 0.130. The fraction of sp³-hybridized carbons (Fsp3) is 0.750. The highest BCUT2D eigenvalue weighted by Crippen LogP contribution is 2.31. The largest absolute Gasteiger partial charge is 0.437 e. The average molecular weight is 235 g/mol. The van der Waals surface area contributed by atoms with Crippen molar-refractivity contribution in [2.24, 2.45) is 5.41 Å². The first-order valence-electron chi connectivity index (χ1n) is 6.39. The van der Waals surface area contributed by atoms with E-state index in [0.29, 0.717) is 0 Å². The van der Waals surface area contributed by atoms with Gasteiger partial charge in [-0.2, -0.15) is 0 Å². The van der Waals surface area contributed by atoms with Gasteiger partial charge in [0.25, 0.3) is 0 Å². The van der Waals surface area contributed by atoms with E-state index in [1.54, 1.807) is 0 Å². The highest BCUT2D eigenvalue weighted by molar-refractivity contribution is 6.45. The summed E-state index contributed by atoms with van der Waals surface area (Å²) in [6.45, 7) is 9.21. The third-order valence-corrected chi connectivity index (χ3v) is 3.81. The Hall–Kier alpha value is -0.805. The summed E-state index contributed by atoms with van der Waals surface area (Å²) in [6.07, 6.45) is 6.18. The summed E-state index contributed by atoms with van der Waals surface area (Å²) < 4.78 is 2.21. The predicted octanol–water partition coefficient (Wildman–Crippen LogP) is 1.40. The summed E-state index contributed by atoms with van der Waals surface area (Å²) >= 11 is 0. The van der Waals surface area contributed by atoms with Gasteiger partial charge in [-0.3, -0.25) is 0 Å². The molecule has 1 N–H and O–H groups in total. The highest BCUT2D eigenvalue weighted by Gasteiger charge is 2.34. The van der Waals surface area contributed by atoms with Crippen molar-refractivity contribution in [2.45, 2.75) is 40.1 Å². The van der Waals surface area contributed by atoms with Crippen LogP contribution < -0.4 is 0 Å². The van der Waals surface area contributed by atoms with E-state index in [1.807, 2.05) is 19.3 Å². The van der Waals surface area contributed by atoms with E-state index < -0.39 is 0 Å². The Morgan fingerprint density at radius 1 is 1.59 bits per heavy atom. The second-order valence-electron chi connectivity index (χ2n) is 5.68. The normalized spacial score (nSPS) is 26.1. The monoisotopic (exact) mass is 235 g/mol. The van der Waals surface area contributed by atoms with Gasteiger partial charge < -0.3 is 14.4 Å². The Balaban J connectivity index is 2.06. The molecule has 0 saturated carbocycles. The van der Waals surface area contributed by atoms with E-state index in [1.165, 1.54) is 12.1 Å². The number of hydrogen-bond acceptors (Lipinski definition) is 3. The Morgan fingerprint density at radius 3 is 2.94 bits per heavy atom. The van der Waals surface area contributed by atoms with E-state index in [2.05, 4.69) is 28.2 Å². The molecule has 2 heterocycles. The first kappa shape index (κ1) is 12.6. The minimum Gasteiger partial charge on any atom is -0.437 e. The minimum atomic E-state index is -0.335. The summed E-state index contributed by atoms with van der Waals surface area (Å²) in [6, 6.07) is 0. The maximum Gasteiger partial charge on any atom is 0.376 e. The van der Waals surface area contributed by atoms with Crippen LogP contribution in [0.1, 0.15) is 25.5 Å². The van der Waals surface area contributed by atoms with Gasteiger partial charge in [-0.25, -0.2) is 4.98 Å². The lowest BCUT2D eigenvalue weighted by Crippen LogP contribution is -2.49. The van der Waals surface area contributed by atoms with Crippen molar-refractivity contribution in [2.75, 3.05) is 13.1 Å². The van der Waals surface area contributed by atoms with Crippen molar-refractivity contribution in [1.82, 2.24) is 14.4 Å². The molecule has 0 amide bonds. The van der Waals surface area contributed by atoms with Gasteiger partial charge in [0.15, 0.2) is 0 Å². The quantitative estimate of drug-likeness (QED) is 0.805. The molecular formula is C12H22BN3O. The molecule has 1 aromatic heterocycles. The smallest absolute Gasteiger partial charge is 0.376 e. The fourth-order valence-electron chi connectivity index (χ4n) is 2.77. The molecule has 1 aromatic rings. The van der Waals surface area contributed by atoms with Gasteiger partial charge in [-0.05, 0) is 45.1 Å². The molecule has 0 unspecified atom stereocenters. The van der Waals surface area contributed by atoms with Crippen LogP contribution in [0.2, 0.25) is 6.82 Å². The molecule has 0 aromatic carbocycles. The van der Waals surface area contributed by atoms with Crippen LogP contribution in [-0.2, 0) is 6.54 Å². The summed E-state index contributed by atoms with van der Waals surface area (Å²) in [4.78, 5) is 6.33. The van der Waals surface area contributed by atoms with Gasteiger partial charge in [0, 0.05) is 18.4 Å². The maximum absolute atomic E-state index is 9.70. The second-order valence-corrected chi connectivity index (χ2v) is 5.68. The number of aryl methyl sites for hydroxylation is 1. The van der Waals surface area contributed by atoms with Crippen LogP contribution in [0.5, 0.6) is 0 Å². The molecule has 94 valence electrons. The van der Waals surface area contributed by atoms with Crippen LogP contribution in [-0.4, -0.2) is 39.5 Å². The third kappa shape index (κ3) is 2.90. The lowest BCUT2D eigenvalue weighted by Gasteiger charge is -2.41. The molecule has 4 nitrogen and oxygen atoms in total. The van der Waals surface area contributed by atoms with Crippen molar-refractivity contribution < 1.29 is 5.02 Å². The topological polar surface area (TPSA) is 41.3 Å². The molecule has 17 heavy (non-hydrogen) atoms. The highest BCUT2D eigenvalue weighted by atomic mass is 16.2. The average Bonchev–Trinajstić information content (AvgIpc) is 2.64. The van der Waals surface area contributed by atoms with Gasteiger partial charge in [-0.15, -0.1) is 0 Å². The Labute approximate surface area is 104 Å². The van der Waals surface area contributed by atoms with E-state index >= 15 is 0 Å². The van der Waals surface area contributed by atoms with Gasteiger partial charge in [0.2, 0.25) is 0 Å². The molecule has 0 spiro atoms. The summed E-state index contributed by atoms with van der Waals surface area (Å²) in [5.41, 5.74) is 1.45. The standard InChI is InChI=1S/C12H22BN3O/c1-11-7-14-10-15(11)8-12(2)5-4-6-16(9-12)13(3)17/h7,10,17H,4-6,8-9H2,1-3H3/t12-/m1/s1. The van der Waals surface area contributed by atoms with Crippen LogP contribution in [0.15, 0.2) is 12.5 Å². The molecule has 1 aliphatic rings. The SMILES string of the molecule is CB(O)N1CCC[C@](C)(Cn2cncc2C)C1. The van der Waals surface area contributed by atoms with Crippen molar-refractivity contribution in [1.29, 1.82) is 0 Å². The molecule has 1 fully saturated rings. The van der Waals surface area contributed by atoms with Crippen LogP contribution >= 0.6 is 0 Å². The fourth-order valence-corrected chi connectivity index (χ4v) is 2.77. The third-order valence-electron chi connectivity index (χ3n) is 3.81. The minimum absolute atomic E-state index is 0.237. The zero-order chi connectivity index (χ0) is 12.5. The van der Waals surface area contributed by atoms with Crippen LogP contribution in [0.4, 0.5) is 0 Å². The molecule has 0 aliphatic carbocycles. The van der Waals surface area contributed by atoms with E-state index in [0.717, 1.165) is 26.1 Å². The van der Waals surface area contributed by atoms with Crippen LogP contribution in [0.3, 0.4) is 0 Å². The number of imidazole rings is 1. The first-order valence-corrected chi connectivity index (χ1v) is 6.39. The number of hydrogen-bond donors (Lipinski definition) is 1. The van der Waals surface area contributed by atoms with E-state index in [4.69, 9.17) is 0 Å². The molecule has 0 bridgehead atoms. The molecule has 1 atom stereocenters. The molecular weight excluding hydrogens is 213 g/mol. The Morgan fingerprint density at radius 2 is 2.35 bits per heavy atom. The van der Waals surface area contributed by atoms with Crippen LogP contribution in [0.25, 0.3) is 0 Å². The van der Waals surface area contributed by atoms with Crippen molar-refractivity contribution in [3.63, 3.8) is 0 Å². The van der Waals surface area contributed by atoms with Gasteiger partial charge in [-0.1, -0.05) is 6.92 Å². The van der Waals surface area contributed by atoms with Gasteiger partial charge in [0.05, 0.1) is 6.33 Å². The summed E-state index contributed by atoms with van der Waals surface area (Å²) in [5, 5.41) is 9.70. The number of rotatable bonds is 3. The zero-order valence-electron chi connectivity index (χ0n) is 11.1. The van der Waals surface area contributed by atoms with E-state index in [-0.39, 0.29) is 12.5 Å². The molecule has 2 rings (SSSR count). The maximum atomic E-state index is 9.70. The predicted molar refractivity (Wildman–Crippen MR) is 69.7 cm³/mol. The molecule has 0 radical (unpaired) electrons. The van der Waals surface area contributed by atoms with Crippen molar-refractivity contribution in [3.05, 3.63) is 18.2 Å². The number of aromatic nitrogens is 2. The Kier molecular flexibility index (Phi) is 3.59. The second kappa shape index (κ2) is 4.82. The summed E-state index contributed by atoms with van der Waals surface area (Å²) in [7, 11) is -0.335. The van der Waals surface area contributed by atoms with Crippen LogP contribution in [0, 0.1) is 12.3 Å². The lowest BCUT2D eigenvalue weighted by atomic mass is 9.74. The first-order chi connectivity index (χ1) is 8.00. The van der Waals surface area contributed by atoms with Crippen molar-refractivity contribution >= 4 is 7.05 Å². The number of piperidine rings is 1. The van der Waals surface area contributed by atoms with Crippen molar-refractivity contribution in [3.8, 4) is 0 Å².